The largest absolute Gasteiger partial charge is 0.309 e. The second-order valence-electron chi connectivity index (χ2n) is 13.4. The first-order valence-electron chi connectivity index (χ1n) is 17.9. The summed E-state index contributed by atoms with van der Waals surface area (Å²) in [5.41, 5.74) is 11.6. The van der Waals surface area contributed by atoms with Crippen molar-refractivity contribution in [3.63, 3.8) is 0 Å². The van der Waals surface area contributed by atoms with Crippen LogP contribution in [0.2, 0.25) is 0 Å². The van der Waals surface area contributed by atoms with Gasteiger partial charge in [-0.2, -0.15) is 0 Å². The highest BCUT2D eigenvalue weighted by Gasteiger charge is 2.22. The van der Waals surface area contributed by atoms with Crippen LogP contribution in [0.15, 0.2) is 206 Å². The molecule has 0 aliphatic rings. The number of aromatic nitrogens is 1. The van der Waals surface area contributed by atoms with Gasteiger partial charge in [-0.05, 0) is 81.4 Å². The van der Waals surface area contributed by atoms with Crippen molar-refractivity contribution in [2.45, 2.75) is 0 Å². The number of rotatable bonds is 6. The van der Waals surface area contributed by atoms with E-state index in [4.69, 9.17) is 0 Å². The third-order valence-corrected chi connectivity index (χ3v) is 10.3. The predicted molar refractivity (Wildman–Crippen MR) is 221 cm³/mol. The van der Waals surface area contributed by atoms with Gasteiger partial charge in [0.25, 0.3) is 0 Å². The molecular formula is C50H34N2. The van der Waals surface area contributed by atoms with Gasteiger partial charge in [0.1, 0.15) is 0 Å². The van der Waals surface area contributed by atoms with Gasteiger partial charge in [0.2, 0.25) is 0 Å². The van der Waals surface area contributed by atoms with E-state index in [-0.39, 0.29) is 0 Å². The summed E-state index contributed by atoms with van der Waals surface area (Å²) in [4.78, 5) is 2.45. The number of hydrogen-bond donors (Lipinski definition) is 0. The van der Waals surface area contributed by atoms with E-state index >= 15 is 0 Å². The molecule has 0 bridgehead atoms. The van der Waals surface area contributed by atoms with Crippen LogP contribution in [0.25, 0.3) is 71.3 Å². The minimum absolute atomic E-state index is 1.10. The number of nitrogens with zero attached hydrogens (tertiary/aromatic N) is 2. The summed E-state index contributed by atoms with van der Waals surface area (Å²) in [6.07, 6.45) is 0. The maximum Gasteiger partial charge on any atom is 0.0541 e. The number of hydrogen-bond acceptors (Lipinski definition) is 1. The minimum atomic E-state index is 1.10. The summed E-state index contributed by atoms with van der Waals surface area (Å²) >= 11 is 0. The van der Waals surface area contributed by atoms with E-state index in [1.807, 2.05) is 0 Å². The monoisotopic (exact) mass is 662 g/mol. The second-order valence-corrected chi connectivity index (χ2v) is 13.4. The molecule has 0 amide bonds. The Hall–Kier alpha value is -6.90. The lowest BCUT2D eigenvalue weighted by Crippen LogP contribution is -2.12. The van der Waals surface area contributed by atoms with Crippen LogP contribution in [0, 0.1) is 0 Å². The SMILES string of the molecule is c1ccc(-c2cccc(N(c3ccccc3-c3cc(-n4c5ccccc5c5ccccc54)cc4ccccc34)c3cccc4ccccc34)c2)cc1. The van der Waals surface area contributed by atoms with Crippen LogP contribution in [0.4, 0.5) is 17.1 Å². The molecule has 0 unspecified atom stereocenters. The van der Waals surface area contributed by atoms with Crippen LogP contribution in [0.5, 0.6) is 0 Å². The van der Waals surface area contributed by atoms with Crippen molar-refractivity contribution in [2.75, 3.05) is 4.90 Å². The molecule has 10 aromatic rings. The summed E-state index contributed by atoms with van der Waals surface area (Å²) in [5.74, 6) is 0. The lowest BCUT2D eigenvalue weighted by molar-refractivity contribution is 1.19. The van der Waals surface area contributed by atoms with Crippen LogP contribution in [-0.2, 0) is 0 Å². The van der Waals surface area contributed by atoms with Gasteiger partial charge in [-0.3, -0.25) is 0 Å². The van der Waals surface area contributed by atoms with Gasteiger partial charge in [0, 0.05) is 33.1 Å². The minimum Gasteiger partial charge on any atom is -0.309 e. The molecule has 0 aliphatic heterocycles. The molecule has 10 rings (SSSR count). The molecule has 0 aliphatic carbocycles. The highest BCUT2D eigenvalue weighted by molar-refractivity contribution is 6.11. The number of para-hydroxylation sites is 3. The van der Waals surface area contributed by atoms with Crippen molar-refractivity contribution in [3.05, 3.63) is 206 Å². The molecule has 244 valence electrons. The summed E-state index contributed by atoms with van der Waals surface area (Å²) < 4.78 is 2.43. The highest BCUT2D eigenvalue weighted by Crippen LogP contribution is 2.46. The Kier molecular flexibility index (Phi) is 7.18. The van der Waals surface area contributed by atoms with Gasteiger partial charge >= 0.3 is 0 Å². The predicted octanol–water partition coefficient (Wildman–Crippen LogP) is 13.9. The van der Waals surface area contributed by atoms with Crippen molar-refractivity contribution < 1.29 is 0 Å². The molecule has 0 spiro atoms. The summed E-state index contributed by atoms with van der Waals surface area (Å²) in [6, 6.07) is 74.8. The van der Waals surface area contributed by atoms with Gasteiger partial charge in [-0.15, -0.1) is 0 Å². The Morgan fingerprint density at radius 1 is 0.327 bits per heavy atom. The summed E-state index contributed by atoms with van der Waals surface area (Å²) in [6.45, 7) is 0. The molecular weight excluding hydrogens is 629 g/mol. The van der Waals surface area contributed by atoms with Crippen molar-refractivity contribution in [3.8, 4) is 27.9 Å². The molecule has 0 N–H and O–H groups in total. The molecule has 0 saturated heterocycles. The lowest BCUT2D eigenvalue weighted by atomic mass is 9.94. The van der Waals surface area contributed by atoms with Gasteiger partial charge in [-0.1, -0.05) is 158 Å². The lowest BCUT2D eigenvalue weighted by Gasteiger charge is -2.30. The van der Waals surface area contributed by atoms with E-state index in [2.05, 4.69) is 216 Å². The molecule has 1 heterocycles. The van der Waals surface area contributed by atoms with Crippen LogP contribution in [0.3, 0.4) is 0 Å². The number of anilines is 3. The fraction of sp³-hybridized carbons (Fsp3) is 0. The van der Waals surface area contributed by atoms with Crippen molar-refractivity contribution in [1.29, 1.82) is 0 Å². The molecule has 1 aromatic heterocycles. The van der Waals surface area contributed by atoms with E-state index in [1.165, 1.54) is 65.6 Å². The zero-order chi connectivity index (χ0) is 34.4. The standard InChI is InChI=1S/C50H34N2/c1-2-16-35(17-3-1)37-21-14-22-39(32-37)51(47-31-15-20-36-18-4-7-24-42(36)47)50-30-13-10-27-45(50)46-34-40(33-38-19-5-6-23-41(38)46)52-48-28-11-8-25-43(48)44-26-9-12-29-49(44)52/h1-34H. The van der Waals surface area contributed by atoms with Gasteiger partial charge in [-0.25, -0.2) is 0 Å². The maximum atomic E-state index is 2.45. The first-order chi connectivity index (χ1) is 25.8. The third kappa shape index (κ3) is 4.96. The zero-order valence-corrected chi connectivity index (χ0v) is 28.5. The molecule has 9 aromatic carbocycles. The fourth-order valence-corrected chi connectivity index (χ4v) is 8.01. The van der Waals surface area contributed by atoms with Crippen LogP contribution >= 0.6 is 0 Å². The quantitative estimate of drug-likeness (QED) is 0.172. The van der Waals surface area contributed by atoms with Gasteiger partial charge in [0.05, 0.1) is 22.4 Å². The normalized spacial score (nSPS) is 11.5. The molecule has 2 heteroatoms. The topological polar surface area (TPSA) is 8.17 Å². The summed E-state index contributed by atoms with van der Waals surface area (Å²) in [7, 11) is 0. The maximum absolute atomic E-state index is 2.45. The third-order valence-electron chi connectivity index (χ3n) is 10.3. The average Bonchev–Trinajstić information content (AvgIpc) is 3.56. The molecule has 52 heavy (non-hydrogen) atoms. The Morgan fingerprint density at radius 2 is 0.885 bits per heavy atom. The average molecular weight is 663 g/mol. The Labute approximate surface area is 303 Å². The van der Waals surface area contributed by atoms with Gasteiger partial charge in [0.15, 0.2) is 0 Å². The van der Waals surface area contributed by atoms with Crippen LogP contribution in [-0.4, -0.2) is 4.57 Å². The van der Waals surface area contributed by atoms with E-state index in [1.54, 1.807) is 0 Å². The number of benzene rings is 9. The molecule has 2 nitrogen and oxygen atoms in total. The van der Waals surface area contributed by atoms with E-state index < -0.39 is 0 Å². The van der Waals surface area contributed by atoms with Gasteiger partial charge < -0.3 is 9.47 Å². The number of fused-ring (bicyclic) bond motifs is 5. The first kappa shape index (κ1) is 30.0. The highest BCUT2D eigenvalue weighted by atomic mass is 15.1. The first-order valence-corrected chi connectivity index (χ1v) is 17.9. The van der Waals surface area contributed by atoms with Crippen molar-refractivity contribution in [1.82, 2.24) is 4.57 Å². The van der Waals surface area contributed by atoms with Crippen LogP contribution < -0.4 is 4.90 Å². The van der Waals surface area contributed by atoms with Crippen molar-refractivity contribution in [2.24, 2.45) is 0 Å². The van der Waals surface area contributed by atoms with E-state index in [0.717, 1.165) is 22.7 Å². The second kappa shape index (κ2) is 12.5. The smallest absolute Gasteiger partial charge is 0.0541 e. The van der Waals surface area contributed by atoms with Crippen LogP contribution in [0.1, 0.15) is 0 Å². The summed E-state index contributed by atoms with van der Waals surface area (Å²) in [5, 5.41) is 7.35. The molecule has 0 atom stereocenters. The zero-order valence-electron chi connectivity index (χ0n) is 28.5. The molecule has 0 saturated carbocycles. The fourth-order valence-electron chi connectivity index (χ4n) is 8.01. The Morgan fingerprint density at radius 3 is 1.67 bits per heavy atom. The molecule has 0 radical (unpaired) electrons. The Bertz CT molecular complexity index is 2860. The van der Waals surface area contributed by atoms with Crippen molar-refractivity contribution >= 4 is 60.4 Å². The van der Waals surface area contributed by atoms with E-state index in [9.17, 15) is 0 Å². The Balaban J connectivity index is 1.26. The van der Waals surface area contributed by atoms with E-state index in [0.29, 0.717) is 0 Å². The molecule has 0 fully saturated rings.